The van der Waals surface area contributed by atoms with Gasteiger partial charge in [-0.25, -0.2) is 0 Å². The molecule has 2 aromatic carbocycles. The normalized spacial score (nSPS) is 11.9. The third-order valence-electron chi connectivity index (χ3n) is 3.55. The molecule has 1 N–H and O–H groups in total. The zero-order valence-electron chi connectivity index (χ0n) is 12.8. The van der Waals surface area contributed by atoms with Gasteiger partial charge in [0.2, 0.25) is 6.79 Å². The summed E-state index contributed by atoms with van der Waals surface area (Å²) in [5, 5.41) is 3.45. The van der Waals surface area contributed by atoms with Crippen molar-refractivity contribution in [2.24, 2.45) is 0 Å². The van der Waals surface area contributed by atoms with Gasteiger partial charge in [0.25, 0.3) is 0 Å². The lowest BCUT2D eigenvalue weighted by Gasteiger charge is -2.13. The Labute approximate surface area is 137 Å². The van der Waals surface area contributed by atoms with Crippen molar-refractivity contribution >= 4 is 18.1 Å². The molecule has 2 aromatic rings. The molecule has 118 valence electrons. The number of nitrogens with zero attached hydrogens (tertiary/aromatic N) is 1. The van der Waals surface area contributed by atoms with Crippen LogP contribution in [0.4, 0.5) is 5.69 Å². The maximum Gasteiger partial charge on any atom is 0.231 e. The van der Waals surface area contributed by atoms with E-state index in [0.29, 0.717) is 6.79 Å². The molecule has 1 aliphatic heterocycles. The molecule has 0 aromatic heterocycles. The van der Waals surface area contributed by atoms with E-state index in [2.05, 4.69) is 40.5 Å². The maximum absolute atomic E-state index is 5.38. The van der Waals surface area contributed by atoms with Crippen LogP contribution in [0.5, 0.6) is 11.5 Å². The molecular formula is C17H21ClN2O2. The highest BCUT2D eigenvalue weighted by Gasteiger charge is 2.12. The predicted octanol–water partition coefficient (Wildman–Crippen LogP) is 3.19. The fraction of sp³-hybridized carbons (Fsp3) is 0.294. The second-order valence-corrected chi connectivity index (χ2v) is 5.35. The Kier molecular flexibility index (Phi) is 5.52. The van der Waals surface area contributed by atoms with Crippen LogP contribution in [0.1, 0.15) is 11.1 Å². The van der Waals surface area contributed by atoms with Crippen LogP contribution in [0.2, 0.25) is 0 Å². The minimum absolute atomic E-state index is 0. The molecule has 1 aliphatic rings. The zero-order valence-corrected chi connectivity index (χ0v) is 13.7. The summed E-state index contributed by atoms with van der Waals surface area (Å²) < 4.78 is 10.7. The highest BCUT2D eigenvalue weighted by Crippen LogP contribution is 2.32. The van der Waals surface area contributed by atoms with E-state index < -0.39 is 0 Å². The molecule has 5 heteroatoms. The first-order chi connectivity index (χ1) is 10.2. The predicted molar refractivity (Wildman–Crippen MR) is 91.1 cm³/mol. The van der Waals surface area contributed by atoms with E-state index in [9.17, 15) is 0 Å². The van der Waals surface area contributed by atoms with Crippen molar-refractivity contribution in [3.05, 3.63) is 53.6 Å². The Morgan fingerprint density at radius 3 is 2.27 bits per heavy atom. The van der Waals surface area contributed by atoms with Crippen LogP contribution in [0.3, 0.4) is 0 Å². The maximum atomic E-state index is 5.38. The standard InChI is InChI=1S/C17H20N2O2.ClH/c1-19(2)15-6-3-13(4-7-15)10-18-11-14-5-8-16-17(9-14)21-12-20-16;/h3-9,18H,10-12H2,1-2H3;1H. The van der Waals surface area contributed by atoms with Gasteiger partial charge in [-0.3, -0.25) is 0 Å². The quantitative estimate of drug-likeness (QED) is 0.917. The van der Waals surface area contributed by atoms with Crippen molar-refractivity contribution < 1.29 is 9.47 Å². The lowest BCUT2D eigenvalue weighted by atomic mass is 10.1. The molecular weight excluding hydrogens is 300 g/mol. The summed E-state index contributed by atoms with van der Waals surface area (Å²) in [6, 6.07) is 14.6. The number of rotatable bonds is 5. The number of fused-ring (bicyclic) bond motifs is 1. The number of ether oxygens (including phenoxy) is 2. The Morgan fingerprint density at radius 2 is 1.55 bits per heavy atom. The van der Waals surface area contributed by atoms with E-state index in [1.54, 1.807) is 0 Å². The van der Waals surface area contributed by atoms with Gasteiger partial charge in [-0.2, -0.15) is 0 Å². The lowest BCUT2D eigenvalue weighted by molar-refractivity contribution is 0.174. The second-order valence-electron chi connectivity index (χ2n) is 5.35. The number of hydrogen-bond donors (Lipinski definition) is 1. The summed E-state index contributed by atoms with van der Waals surface area (Å²) in [5.41, 5.74) is 3.69. The fourth-order valence-corrected chi connectivity index (χ4v) is 2.31. The summed E-state index contributed by atoms with van der Waals surface area (Å²) in [5.74, 6) is 1.67. The van der Waals surface area contributed by atoms with Crippen molar-refractivity contribution in [3.63, 3.8) is 0 Å². The lowest BCUT2D eigenvalue weighted by Crippen LogP contribution is -2.13. The van der Waals surface area contributed by atoms with Crippen LogP contribution >= 0.6 is 12.4 Å². The van der Waals surface area contributed by atoms with Crippen molar-refractivity contribution in [1.82, 2.24) is 5.32 Å². The molecule has 4 nitrogen and oxygen atoms in total. The first-order valence-electron chi connectivity index (χ1n) is 7.08. The van der Waals surface area contributed by atoms with Gasteiger partial charge >= 0.3 is 0 Å². The van der Waals surface area contributed by atoms with Crippen molar-refractivity contribution in [3.8, 4) is 11.5 Å². The first kappa shape index (κ1) is 16.5. The summed E-state index contributed by atoms with van der Waals surface area (Å²) >= 11 is 0. The Morgan fingerprint density at radius 1 is 0.909 bits per heavy atom. The summed E-state index contributed by atoms with van der Waals surface area (Å²) in [6.45, 7) is 1.98. The van der Waals surface area contributed by atoms with Crippen LogP contribution in [0.25, 0.3) is 0 Å². The second kappa shape index (κ2) is 7.38. The van der Waals surface area contributed by atoms with E-state index in [4.69, 9.17) is 9.47 Å². The summed E-state index contributed by atoms with van der Waals surface area (Å²) in [7, 11) is 4.10. The van der Waals surface area contributed by atoms with Gasteiger partial charge in [0.1, 0.15) is 0 Å². The van der Waals surface area contributed by atoms with Gasteiger partial charge in [-0.15, -0.1) is 12.4 Å². The number of nitrogens with one attached hydrogen (secondary N) is 1. The molecule has 0 saturated heterocycles. The molecule has 0 atom stereocenters. The molecule has 3 rings (SSSR count). The number of anilines is 1. The molecule has 0 unspecified atom stereocenters. The van der Waals surface area contributed by atoms with Crippen molar-refractivity contribution in [2.45, 2.75) is 13.1 Å². The van der Waals surface area contributed by atoms with E-state index >= 15 is 0 Å². The van der Waals surface area contributed by atoms with Crippen LogP contribution in [-0.2, 0) is 13.1 Å². The van der Waals surface area contributed by atoms with Gasteiger partial charge in [0.15, 0.2) is 11.5 Å². The molecule has 0 aliphatic carbocycles. The van der Waals surface area contributed by atoms with Crippen LogP contribution in [0.15, 0.2) is 42.5 Å². The largest absolute Gasteiger partial charge is 0.454 e. The third-order valence-corrected chi connectivity index (χ3v) is 3.55. The Hall–Kier alpha value is -1.91. The minimum Gasteiger partial charge on any atom is -0.454 e. The monoisotopic (exact) mass is 320 g/mol. The van der Waals surface area contributed by atoms with Crippen molar-refractivity contribution in [1.29, 1.82) is 0 Å². The van der Waals surface area contributed by atoms with Gasteiger partial charge in [0, 0.05) is 32.9 Å². The van der Waals surface area contributed by atoms with Gasteiger partial charge in [-0.05, 0) is 35.4 Å². The molecule has 22 heavy (non-hydrogen) atoms. The highest BCUT2D eigenvalue weighted by atomic mass is 35.5. The molecule has 0 saturated carbocycles. The minimum atomic E-state index is 0. The van der Waals surface area contributed by atoms with Crippen LogP contribution in [0, 0.1) is 0 Å². The smallest absolute Gasteiger partial charge is 0.231 e. The molecule has 0 radical (unpaired) electrons. The average Bonchev–Trinajstić information content (AvgIpc) is 2.95. The molecule has 0 spiro atoms. The number of hydrogen-bond acceptors (Lipinski definition) is 4. The van der Waals surface area contributed by atoms with Crippen molar-refractivity contribution in [2.75, 3.05) is 25.8 Å². The first-order valence-corrected chi connectivity index (χ1v) is 7.08. The highest BCUT2D eigenvalue weighted by molar-refractivity contribution is 5.85. The molecule has 0 bridgehead atoms. The summed E-state index contributed by atoms with van der Waals surface area (Å²) in [6.07, 6.45) is 0. The Balaban J connectivity index is 0.00000176. The molecule has 0 fully saturated rings. The molecule has 0 amide bonds. The van der Waals surface area contributed by atoms with Crippen LogP contribution < -0.4 is 19.7 Å². The zero-order chi connectivity index (χ0) is 14.7. The topological polar surface area (TPSA) is 33.7 Å². The SMILES string of the molecule is CN(C)c1ccc(CNCc2ccc3c(c2)OCO3)cc1.Cl. The fourth-order valence-electron chi connectivity index (χ4n) is 2.31. The van der Waals surface area contributed by atoms with E-state index in [-0.39, 0.29) is 12.4 Å². The van der Waals surface area contributed by atoms with E-state index in [1.165, 1.54) is 16.8 Å². The van der Waals surface area contributed by atoms with Gasteiger partial charge in [-0.1, -0.05) is 18.2 Å². The van der Waals surface area contributed by atoms with Gasteiger partial charge in [0.05, 0.1) is 0 Å². The summed E-state index contributed by atoms with van der Waals surface area (Å²) in [4.78, 5) is 2.10. The van der Waals surface area contributed by atoms with Crippen LogP contribution in [-0.4, -0.2) is 20.9 Å². The third kappa shape index (κ3) is 3.84. The van der Waals surface area contributed by atoms with Gasteiger partial charge < -0.3 is 19.7 Å². The van der Waals surface area contributed by atoms with E-state index in [1.807, 2.05) is 26.2 Å². The molecule has 1 heterocycles. The Bertz CT molecular complexity index is 615. The van der Waals surface area contributed by atoms with E-state index in [0.717, 1.165) is 24.6 Å². The average molecular weight is 321 g/mol. The number of benzene rings is 2. The number of halogens is 1.